The molecule has 0 atom stereocenters. The molecule has 0 radical (unpaired) electrons. The van der Waals surface area contributed by atoms with Crippen molar-refractivity contribution in [3.8, 4) is 11.5 Å². The van der Waals surface area contributed by atoms with Gasteiger partial charge >= 0.3 is 0 Å². The van der Waals surface area contributed by atoms with Crippen LogP contribution in [0.15, 0.2) is 24.5 Å². The molecular weight excluding hydrogens is 322 g/mol. The lowest BCUT2D eigenvalue weighted by Gasteiger charge is -2.11. The third-order valence-corrected chi connectivity index (χ3v) is 5.71. The first-order chi connectivity index (χ1) is 11.9. The molecule has 2 aliphatic rings. The summed E-state index contributed by atoms with van der Waals surface area (Å²) in [7, 11) is 0. The summed E-state index contributed by atoms with van der Waals surface area (Å²) in [6.45, 7) is 1.39. The number of aromatic nitrogens is 2. The van der Waals surface area contributed by atoms with E-state index >= 15 is 0 Å². The van der Waals surface area contributed by atoms with Crippen LogP contribution in [-0.4, -0.2) is 23.2 Å². The number of fused-ring (bicyclic) bond motifs is 4. The highest BCUT2D eigenvalue weighted by Gasteiger charge is 2.21. The van der Waals surface area contributed by atoms with Crippen LogP contribution in [0.1, 0.15) is 23.3 Å². The van der Waals surface area contributed by atoms with Crippen LogP contribution >= 0.6 is 11.3 Å². The molecule has 1 aliphatic heterocycles. The summed E-state index contributed by atoms with van der Waals surface area (Å²) in [6.07, 6.45) is 6.07. The largest absolute Gasteiger partial charge is 0.490 e. The Morgan fingerprint density at radius 1 is 1.00 bits per heavy atom. The van der Waals surface area contributed by atoms with Crippen molar-refractivity contribution in [3.63, 3.8) is 0 Å². The van der Waals surface area contributed by atoms with Gasteiger partial charge in [-0.25, -0.2) is 9.97 Å². The Morgan fingerprint density at radius 2 is 1.92 bits per heavy atom. The lowest BCUT2D eigenvalue weighted by molar-refractivity contribution is 0.297. The maximum absolute atomic E-state index is 5.78. The van der Waals surface area contributed by atoms with Gasteiger partial charge in [0.1, 0.15) is 17.0 Å². The molecule has 6 heteroatoms. The zero-order valence-electron chi connectivity index (χ0n) is 13.2. The summed E-state index contributed by atoms with van der Waals surface area (Å²) in [5.41, 5.74) is 2.38. The molecule has 5 rings (SSSR count). The van der Waals surface area contributed by atoms with Crippen molar-refractivity contribution in [2.75, 3.05) is 18.5 Å². The fourth-order valence-corrected chi connectivity index (χ4v) is 4.63. The number of hydrogen-bond donors (Lipinski definition) is 1. The van der Waals surface area contributed by atoms with Crippen molar-refractivity contribution in [3.05, 3.63) is 35.0 Å². The van der Waals surface area contributed by atoms with Gasteiger partial charge in [0.2, 0.25) is 0 Å². The number of rotatable bonds is 2. The van der Waals surface area contributed by atoms with E-state index in [1.165, 1.54) is 28.7 Å². The Kier molecular flexibility index (Phi) is 3.29. The summed E-state index contributed by atoms with van der Waals surface area (Å²) in [6, 6.07) is 5.95. The van der Waals surface area contributed by atoms with E-state index in [0.717, 1.165) is 40.7 Å². The molecule has 0 amide bonds. The summed E-state index contributed by atoms with van der Waals surface area (Å²) < 4.78 is 11.5. The minimum absolute atomic E-state index is 0.687. The van der Waals surface area contributed by atoms with Crippen LogP contribution in [0.5, 0.6) is 11.5 Å². The van der Waals surface area contributed by atoms with Crippen LogP contribution in [0, 0.1) is 0 Å². The SMILES string of the molecule is c1nc(Nc2ccc3c(c2)OCCCO3)c2c3c(sc2n1)CCC3. The van der Waals surface area contributed by atoms with Crippen LogP contribution in [0.3, 0.4) is 0 Å². The number of ether oxygens (including phenoxy) is 2. The van der Waals surface area contributed by atoms with E-state index in [9.17, 15) is 0 Å². The molecule has 3 aromatic rings. The van der Waals surface area contributed by atoms with Gasteiger partial charge in [0, 0.05) is 23.1 Å². The predicted molar refractivity (Wildman–Crippen MR) is 94.8 cm³/mol. The number of anilines is 2. The Bertz CT molecular complexity index is 922. The van der Waals surface area contributed by atoms with Gasteiger partial charge in [0.15, 0.2) is 11.5 Å². The number of thiophene rings is 1. The van der Waals surface area contributed by atoms with Crippen LogP contribution in [0.4, 0.5) is 11.5 Å². The molecule has 5 nitrogen and oxygen atoms in total. The van der Waals surface area contributed by atoms with Crippen molar-refractivity contribution in [1.29, 1.82) is 0 Å². The van der Waals surface area contributed by atoms with E-state index in [4.69, 9.17) is 9.47 Å². The van der Waals surface area contributed by atoms with E-state index in [1.54, 1.807) is 17.7 Å². The molecular formula is C18H17N3O2S. The van der Waals surface area contributed by atoms with Gasteiger partial charge in [0.25, 0.3) is 0 Å². The van der Waals surface area contributed by atoms with Crippen molar-refractivity contribution in [2.24, 2.45) is 0 Å². The first-order valence-corrected chi connectivity index (χ1v) is 9.12. The fraction of sp³-hybridized carbons (Fsp3) is 0.333. The Balaban J connectivity index is 1.54. The molecule has 122 valence electrons. The Labute approximate surface area is 143 Å². The second-order valence-corrected chi connectivity index (χ2v) is 7.18. The summed E-state index contributed by atoms with van der Waals surface area (Å²) in [4.78, 5) is 11.5. The quantitative estimate of drug-likeness (QED) is 0.762. The highest BCUT2D eigenvalue weighted by molar-refractivity contribution is 7.19. The molecule has 1 aromatic carbocycles. The Morgan fingerprint density at radius 3 is 2.88 bits per heavy atom. The molecule has 24 heavy (non-hydrogen) atoms. The van der Waals surface area contributed by atoms with Crippen LogP contribution in [-0.2, 0) is 12.8 Å². The number of nitrogens with zero attached hydrogens (tertiary/aromatic N) is 2. The summed E-state index contributed by atoms with van der Waals surface area (Å²) >= 11 is 1.80. The molecule has 3 heterocycles. The lowest BCUT2D eigenvalue weighted by Crippen LogP contribution is -1.98. The average Bonchev–Trinajstić information content (AvgIpc) is 3.09. The van der Waals surface area contributed by atoms with E-state index in [1.807, 2.05) is 18.2 Å². The van der Waals surface area contributed by atoms with Crippen molar-refractivity contribution < 1.29 is 9.47 Å². The van der Waals surface area contributed by atoms with Gasteiger partial charge in [0.05, 0.1) is 18.6 Å². The van der Waals surface area contributed by atoms with Gasteiger partial charge < -0.3 is 14.8 Å². The standard InChI is InChI=1S/C18H17N3O2S/c1-3-12-15(4-1)24-18-16(12)17(19-10-20-18)21-11-5-6-13-14(9-11)23-8-2-7-22-13/h5-6,9-10H,1-4,7-8H2,(H,19,20,21). The lowest BCUT2D eigenvalue weighted by atomic mass is 10.2. The van der Waals surface area contributed by atoms with Crippen LogP contribution in [0.2, 0.25) is 0 Å². The zero-order chi connectivity index (χ0) is 15.9. The predicted octanol–water partition coefficient (Wildman–Crippen LogP) is 4.08. The van der Waals surface area contributed by atoms with E-state index in [0.29, 0.717) is 13.2 Å². The minimum atomic E-state index is 0.687. The third-order valence-electron chi connectivity index (χ3n) is 4.51. The van der Waals surface area contributed by atoms with Crippen LogP contribution in [0.25, 0.3) is 10.2 Å². The number of hydrogen-bond acceptors (Lipinski definition) is 6. The van der Waals surface area contributed by atoms with E-state index in [-0.39, 0.29) is 0 Å². The van der Waals surface area contributed by atoms with Gasteiger partial charge in [-0.1, -0.05) is 0 Å². The first kappa shape index (κ1) is 14.0. The van der Waals surface area contributed by atoms with E-state index in [2.05, 4.69) is 15.3 Å². The second kappa shape index (κ2) is 5.63. The maximum atomic E-state index is 5.78. The number of benzene rings is 1. The van der Waals surface area contributed by atoms with Crippen molar-refractivity contribution in [2.45, 2.75) is 25.7 Å². The topological polar surface area (TPSA) is 56.3 Å². The fourth-order valence-electron chi connectivity index (χ4n) is 3.40. The van der Waals surface area contributed by atoms with Crippen molar-refractivity contribution in [1.82, 2.24) is 9.97 Å². The van der Waals surface area contributed by atoms with Gasteiger partial charge in [-0.05, 0) is 37.0 Å². The Hall–Kier alpha value is -2.34. The molecule has 0 saturated carbocycles. The molecule has 0 spiro atoms. The highest BCUT2D eigenvalue weighted by Crippen LogP contribution is 2.40. The zero-order valence-corrected chi connectivity index (χ0v) is 14.0. The first-order valence-electron chi connectivity index (χ1n) is 8.30. The van der Waals surface area contributed by atoms with Gasteiger partial charge in [-0.15, -0.1) is 11.3 Å². The third kappa shape index (κ3) is 2.29. The molecule has 1 aliphatic carbocycles. The molecule has 0 fully saturated rings. The molecule has 0 saturated heterocycles. The van der Waals surface area contributed by atoms with Crippen molar-refractivity contribution >= 4 is 33.1 Å². The van der Waals surface area contributed by atoms with Crippen LogP contribution < -0.4 is 14.8 Å². The normalized spacial score (nSPS) is 16.0. The molecule has 0 bridgehead atoms. The monoisotopic (exact) mass is 339 g/mol. The maximum Gasteiger partial charge on any atom is 0.163 e. The smallest absolute Gasteiger partial charge is 0.163 e. The average molecular weight is 339 g/mol. The molecule has 1 N–H and O–H groups in total. The number of nitrogens with one attached hydrogen (secondary N) is 1. The number of aryl methyl sites for hydroxylation is 2. The summed E-state index contributed by atoms with van der Waals surface area (Å²) in [5.74, 6) is 2.48. The molecule has 2 aromatic heterocycles. The highest BCUT2D eigenvalue weighted by atomic mass is 32.1. The molecule has 0 unspecified atom stereocenters. The minimum Gasteiger partial charge on any atom is -0.490 e. The van der Waals surface area contributed by atoms with Gasteiger partial charge in [-0.3, -0.25) is 0 Å². The second-order valence-electron chi connectivity index (χ2n) is 6.10. The van der Waals surface area contributed by atoms with E-state index < -0.39 is 0 Å². The summed E-state index contributed by atoms with van der Waals surface area (Å²) in [5, 5.41) is 4.64. The van der Waals surface area contributed by atoms with Gasteiger partial charge in [-0.2, -0.15) is 0 Å².